The Labute approximate surface area is 176 Å². The number of nitrogens with two attached hydrogens (primary N) is 1. The minimum Gasteiger partial charge on any atom is -0.497 e. The fraction of sp³-hybridized carbons (Fsp3) is 0.130. The van der Waals surface area contributed by atoms with Gasteiger partial charge >= 0.3 is 0 Å². The Hall–Kier alpha value is -3.38. The predicted octanol–water partition coefficient (Wildman–Crippen LogP) is 4.57. The van der Waals surface area contributed by atoms with Crippen LogP contribution >= 0.6 is 12.2 Å². The second-order valence-corrected chi connectivity index (χ2v) is 6.94. The first-order valence-electron chi connectivity index (χ1n) is 9.16. The van der Waals surface area contributed by atoms with E-state index in [2.05, 4.69) is 5.32 Å². The highest BCUT2D eigenvalue weighted by atomic mass is 32.1. The van der Waals surface area contributed by atoms with Crippen LogP contribution in [0.2, 0.25) is 0 Å². The number of thiocarbonyl (C=S) groups is 1. The van der Waals surface area contributed by atoms with Crippen molar-refractivity contribution < 1.29 is 9.53 Å². The first kappa shape index (κ1) is 20.4. The molecule has 0 unspecified atom stereocenters. The molecule has 148 valence electrons. The standard InChI is InChI=1S/C23H23N3O2S/c1-16-7-3-5-9-20(16)26(21-10-6-4-8-17(21)15-22(24)27)23(29)25-18-11-13-19(28-2)14-12-18/h3-14H,15H2,1-2H3,(H2,24,27)(H,25,29). The number of ether oxygens (including phenoxy) is 1. The Bertz CT molecular complexity index is 1020. The van der Waals surface area contributed by atoms with Crippen molar-refractivity contribution >= 4 is 40.3 Å². The van der Waals surface area contributed by atoms with E-state index in [1.165, 1.54) is 0 Å². The largest absolute Gasteiger partial charge is 0.497 e. The topological polar surface area (TPSA) is 67.6 Å². The molecule has 0 fully saturated rings. The zero-order valence-electron chi connectivity index (χ0n) is 16.4. The molecule has 3 aromatic carbocycles. The number of hydrogen-bond acceptors (Lipinski definition) is 3. The molecule has 5 nitrogen and oxygen atoms in total. The Morgan fingerprint density at radius 3 is 2.24 bits per heavy atom. The molecule has 1 amide bonds. The first-order valence-corrected chi connectivity index (χ1v) is 9.57. The van der Waals surface area contributed by atoms with Crippen molar-refractivity contribution in [2.24, 2.45) is 5.73 Å². The second-order valence-electron chi connectivity index (χ2n) is 6.55. The number of carbonyl (C=O) groups is 1. The zero-order valence-corrected chi connectivity index (χ0v) is 17.2. The lowest BCUT2D eigenvalue weighted by molar-refractivity contribution is -0.117. The van der Waals surface area contributed by atoms with Crippen LogP contribution in [0.4, 0.5) is 17.1 Å². The van der Waals surface area contributed by atoms with Crippen molar-refractivity contribution in [1.82, 2.24) is 0 Å². The van der Waals surface area contributed by atoms with Gasteiger partial charge in [-0.1, -0.05) is 36.4 Å². The van der Waals surface area contributed by atoms with Crippen molar-refractivity contribution in [3.8, 4) is 5.75 Å². The van der Waals surface area contributed by atoms with Crippen LogP contribution < -0.4 is 20.7 Å². The smallest absolute Gasteiger partial charge is 0.221 e. The molecule has 0 radical (unpaired) electrons. The van der Waals surface area contributed by atoms with Gasteiger partial charge in [0.25, 0.3) is 0 Å². The van der Waals surface area contributed by atoms with Gasteiger partial charge in [-0.05, 0) is 66.7 Å². The number of carbonyl (C=O) groups excluding carboxylic acids is 1. The second kappa shape index (κ2) is 9.21. The van der Waals surface area contributed by atoms with Crippen LogP contribution in [0, 0.1) is 6.92 Å². The summed E-state index contributed by atoms with van der Waals surface area (Å²) in [5, 5.41) is 3.77. The van der Waals surface area contributed by atoms with E-state index in [4.69, 9.17) is 22.7 Å². The van der Waals surface area contributed by atoms with E-state index in [-0.39, 0.29) is 6.42 Å². The molecule has 6 heteroatoms. The maximum Gasteiger partial charge on any atom is 0.221 e. The van der Waals surface area contributed by atoms with Crippen molar-refractivity contribution in [1.29, 1.82) is 0 Å². The summed E-state index contributed by atoms with van der Waals surface area (Å²) in [7, 11) is 1.63. The van der Waals surface area contributed by atoms with Crippen LogP contribution in [0.3, 0.4) is 0 Å². The average molecular weight is 406 g/mol. The van der Waals surface area contributed by atoms with Crippen molar-refractivity contribution in [2.45, 2.75) is 13.3 Å². The number of nitrogens with zero attached hydrogens (tertiary/aromatic N) is 1. The minimum absolute atomic E-state index is 0.129. The van der Waals surface area contributed by atoms with Gasteiger partial charge in [0.05, 0.1) is 24.9 Å². The van der Waals surface area contributed by atoms with Gasteiger partial charge in [-0.25, -0.2) is 0 Å². The molecule has 0 bridgehead atoms. The van der Waals surface area contributed by atoms with Gasteiger partial charge in [-0.15, -0.1) is 0 Å². The van der Waals surface area contributed by atoms with E-state index in [0.29, 0.717) is 5.11 Å². The number of rotatable bonds is 6. The Morgan fingerprint density at radius 2 is 1.62 bits per heavy atom. The number of para-hydroxylation sites is 2. The Morgan fingerprint density at radius 1 is 1.00 bits per heavy atom. The van der Waals surface area contributed by atoms with E-state index >= 15 is 0 Å². The SMILES string of the molecule is COc1ccc(NC(=S)N(c2ccccc2C)c2ccccc2CC(N)=O)cc1. The summed E-state index contributed by atoms with van der Waals surface area (Å²) in [6, 6.07) is 23.1. The third kappa shape index (κ3) is 4.92. The lowest BCUT2D eigenvalue weighted by Gasteiger charge is -2.29. The minimum atomic E-state index is -0.392. The molecular weight excluding hydrogens is 382 g/mol. The predicted molar refractivity (Wildman–Crippen MR) is 122 cm³/mol. The zero-order chi connectivity index (χ0) is 20.8. The number of anilines is 3. The summed E-state index contributed by atoms with van der Waals surface area (Å²) in [4.78, 5) is 13.5. The number of hydrogen-bond donors (Lipinski definition) is 2. The normalized spacial score (nSPS) is 10.3. The average Bonchev–Trinajstić information content (AvgIpc) is 2.71. The highest BCUT2D eigenvalue weighted by molar-refractivity contribution is 7.80. The van der Waals surface area contributed by atoms with E-state index in [1.807, 2.05) is 84.6 Å². The molecule has 3 rings (SSSR count). The number of methoxy groups -OCH3 is 1. The van der Waals surface area contributed by atoms with Crippen LogP contribution in [0.15, 0.2) is 72.8 Å². The van der Waals surface area contributed by atoms with Crippen LogP contribution in [-0.2, 0) is 11.2 Å². The van der Waals surface area contributed by atoms with Gasteiger partial charge in [0.15, 0.2) is 5.11 Å². The van der Waals surface area contributed by atoms with Crippen LogP contribution in [-0.4, -0.2) is 18.1 Å². The molecule has 3 aromatic rings. The maximum absolute atomic E-state index is 11.6. The van der Waals surface area contributed by atoms with Gasteiger partial charge in [-0.2, -0.15) is 0 Å². The number of nitrogens with one attached hydrogen (secondary N) is 1. The lowest BCUT2D eigenvalue weighted by Crippen LogP contribution is -2.32. The Balaban J connectivity index is 2.03. The molecule has 0 aliphatic rings. The Kier molecular flexibility index (Phi) is 6.46. The summed E-state index contributed by atoms with van der Waals surface area (Å²) in [5.41, 5.74) is 9.91. The van der Waals surface area contributed by atoms with E-state index in [9.17, 15) is 4.79 Å². The maximum atomic E-state index is 11.6. The number of benzene rings is 3. The van der Waals surface area contributed by atoms with Gasteiger partial charge in [0.2, 0.25) is 5.91 Å². The molecular formula is C23H23N3O2S. The number of amides is 1. The molecule has 0 heterocycles. The van der Waals surface area contributed by atoms with Crippen molar-refractivity contribution in [3.63, 3.8) is 0 Å². The summed E-state index contributed by atoms with van der Waals surface area (Å²) in [6.07, 6.45) is 0.129. The van der Waals surface area contributed by atoms with E-state index in [1.54, 1.807) is 7.11 Å². The molecule has 3 N–H and O–H groups in total. The summed E-state index contributed by atoms with van der Waals surface area (Å²) in [6.45, 7) is 2.02. The summed E-state index contributed by atoms with van der Waals surface area (Å²) >= 11 is 5.78. The summed E-state index contributed by atoms with van der Waals surface area (Å²) < 4.78 is 5.21. The first-order chi connectivity index (χ1) is 14.0. The lowest BCUT2D eigenvalue weighted by atomic mass is 10.1. The van der Waals surface area contributed by atoms with Crippen LogP contribution in [0.1, 0.15) is 11.1 Å². The van der Waals surface area contributed by atoms with Crippen LogP contribution in [0.5, 0.6) is 5.75 Å². The molecule has 0 aliphatic heterocycles. The third-order valence-corrected chi connectivity index (χ3v) is 4.78. The van der Waals surface area contributed by atoms with Crippen molar-refractivity contribution in [3.05, 3.63) is 83.9 Å². The quantitative estimate of drug-likeness (QED) is 0.588. The van der Waals surface area contributed by atoms with Gasteiger partial charge < -0.3 is 15.8 Å². The van der Waals surface area contributed by atoms with E-state index in [0.717, 1.165) is 33.9 Å². The molecule has 0 spiro atoms. The molecule has 0 saturated heterocycles. The highest BCUT2D eigenvalue weighted by Gasteiger charge is 2.20. The molecule has 0 atom stereocenters. The fourth-order valence-electron chi connectivity index (χ4n) is 3.08. The number of aryl methyl sites for hydroxylation is 1. The van der Waals surface area contributed by atoms with Gasteiger partial charge in [0, 0.05) is 5.69 Å². The molecule has 0 saturated carbocycles. The monoisotopic (exact) mass is 405 g/mol. The van der Waals surface area contributed by atoms with Gasteiger partial charge in [-0.3, -0.25) is 9.69 Å². The molecule has 0 aromatic heterocycles. The van der Waals surface area contributed by atoms with Gasteiger partial charge in [0.1, 0.15) is 5.75 Å². The van der Waals surface area contributed by atoms with Crippen LogP contribution in [0.25, 0.3) is 0 Å². The third-order valence-electron chi connectivity index (χ3n) is 4.50. The number of primary amides is 1. The molecule has 0 aliphatic carbocycles. The highest BCUT2D eigenvalue weighted by Crippen LogP contribution is 2.32. The molecule has 29 heavy (non-hydrogen) atoms. The van der Waals surface area contributed by atoms with E-state index < -0.39 is 5.91 Å². The summed E-state index contributed by atoms with van der Waals surface area (Å²) in [5.74, 6) is 0.375. The van der Waals surface area contributed by atoms with Crippen molar-refractivity contribution in [2.75, 3.05) is 17.3 Å². The fourth-order valence-corrected chi connectivity index (χ4v) is 3.40.